The Bertz CT molecular complexity index is 754. The van der Waals surface area contributed by atoms with Crippen molar-refractivity contribution in [1.82, 2.24) is 4.90 Å². The van der Waals surface area contributed by atoms with Gasteiger partial charge < -0.3 is 14.6 Å². The summed E-state index contributed by atoms with van der Waals surface area (Å²) in [4.78, 5) is 38.8. The van der Waals surface area contributed by atoms with Crippen LogP contribution in [0.3, 0.4) is 0 Å². The standard InChI is InChI=1S/C19H28NO7S3/c1-5-19(3,4)18(24)27-9-26-16(23)13-17(28-11-6-7-30(25)8-11)29-15-12(10(2)21)14(22)20(13)15/h10-12,15,21,25H,5-9H2,1-4H3/q+1/t10-,11+,12+,15-,30?/m1/s1. The van der Waals surface area contributed by atoms with Crippen molar-refractivity contribution in [1.29, 1.82) is 0 Å². The topological polar surface area (TPSA) is 113 Å². The molecule has 3 aliphatic rings. The molecule has 0 radical (unpaired) electrons. The van der Waals surface area contributed by atoms with Gasteiger partial charge in [0.1, 0.15) is 22.3 Å². The summed E-state index contributed by atoms with van der Waals surface area (Å²) in [5, 5.41) is 9.74. The summed E-state index contributed by atoms with van der Waals surface area (Å²) in [7, 11) is 0. The minimum atomic E-state index is -0.820. The van der Waals surface area contributed by atoms with Gasteiger partial charge >= 0.3 is 11.9 Å². The molecule has 168 valence electrons. The van der Waals surface area contributed by atoms with Crippen molar-refractivity contribution in [2.24, 2.45) is 11.3 Å². The molecule has 0 saturated carbocycles. The molecular weight excluding hydrogens is 450 g/mol. The van der Waals surface area contributed by atoms with Crippen LogP contribution in [0.4, 0.5) is 0 Å². The zero-order valence-corrected chi connectivity index (χ0v) is 19.9. The van der Waals surface area contributed by atoms with Crippen LogP contribution in [0.25, 0.3) is 0 Å². The van der Waals surface area contributed by atoms with E-state index in [1.807, 2.05) is 6.92 Å². The number of aliphatic hydroxyl groups excluding tert-OH is 1. The first kappa shape index (κ1) is 23.8. The van der Waals surface area contributed by atoms with E-state index >= 15 is 0 Å². The number of carbonyl (C=O) groups is 3. The summed E-state index contributed by atoms with van der Waals surface area (Å²) in [6, 6.07) is 0. The Morgan fingerprint density at radius 2 is 2.10 bits per heavy atom. The van der Waals surface area contributed by atoms with Crippen molar-refractivity contribution in [3.05, 3.63) is 9.93 Å². The van der Waals surface area contributed by atoms with E-state index in [-0.39, 0.29) is 22.2 Å². The molecule has 30 heavy (non-hydrogen) atoms. The molecule has 0 aromatic rings. The second kappa shape index (κ2) is 9.32. The molecule has 0 aliphatic carbocycles. The molecule has 2 N–H and O–H groups in total. The van der Waals surface area contributed by atoms with Gasteiger partial charge in [-0.2, -0.15) is 4.55 Å². The number of carbonyl (C=O) groups excluding carboxylic acids is 3. The molecule has 8 nitrogen and oxygen atoms in total. The van der Waals surface area contributed by atoms with Crippen molar-refractivity contribution in [2.45, 2.75) is 57.3 Å². The lowest BCUT2D eigenvalue weighted by Crippen LogP contribution is -2.60. The number of rotatable bonds is 8. The smallest absolute Gasteiger partial charge is 0.359 e. The number of esters is 2. The lowest BCUT2D eigenvalue weighted by molar-refractivity contribution is -0.175. The van der Waals surface area contributed by atoms with E-state index in [1.165, 1.54) is 28.4 Å². The van der Waals surface area contributed by atoms with Crippen LogP contribution in [0.5, 0.6) is 0 Å². The van der Waals surface area contributed by atoms with E-state index in [0.717, 1.165) is 12.2 Å². The van der Waals surface area contributed by atoms with Crippen LogP contribution < -0.4 is 0 Å². The number of ether oxygens (including phenoxy) is 2. The highest BCUT2D eigenvalue weighted by Gasteiger charge is 2.58. The second-order valence-corrected chi connectivity index (χ2v) is 12.6. The van der Waals surface area contributed by atoms with Crippen LogP contribution in [0.2, 0.25) is 0 Å². The molecule has 1 amide bonds. The van der Waals surface area contributed by atoms with E-state index in [2.05, 4.69) is 0 Å². The van der Waals surface area contributed by atoms with Crippen LogP contribution in [-0.4, -0.2) is 67.4 Å². The first-order valence-electron chi connectivity index (χ1n) is 9.86. The van der Waals surface area contributed by atoms with Gasteiger partial charge in [-0.1, -0.05) is 18.7 Å². The van der Waals surface area contributed by atoms with Crippen LogP contribution in [0, 0.1) is 11.3 Å². The van der Waals surface area contributed by atoms with Crippen LogP contribution in [-0.2, 0) is 35.0 Å². The number of aliphatic hydroxyl groups is 1. The molecule has 2 fully saturated rings. The Labute approximate surface area is 187 Å². The van der Waals surface area contributed by atoms with Crippen molar-refractivity contribution in [3.8, 4) is 0 Å². The number of amides is 1. The number of β-lactam (4-membered cyclic amide) rings is 1. The summed E-state index contributed by atoms with van der Waals surface area (Å²) in [6.45, 7) is 6.40. The maximum absolute atomic E-state index is 12.8. The molecule has 0 aromatic heterocycles. The lowest BCUT2D eigenvalue weighted by atomic mass is 9.91. The maximum Gasteiger partial charge on any atom is 0.359 e. The molecule has 11 heteroatoms. The van der Waals surface area contributed by atoms with Crippen molar-refractivity contribution < 1.29 is 33.5 Å². The largest absolute Gasteiger partial charge is 0.427 e. The zero-order valence-electron chi connectivity index (χ0n) is 17.5. The fourth-order valence-corrected chi connectivity index (χ4v) is 8.55. The Hall–Kier alpha value is -0.880. The third kappa shape index (κ3) is 4.64. The summed E-state index contributed by atoms with van der Waals surface area (Å²) in [6.07, 6.45) is 0.597. The number of nitrogens with zero attached hydrogens (tertiary/aromatic N) is 1. The quantitative estimate of drug-likeness (QED) is 0.234. The van der Waals surface area contributed by atoms with Crippen molar-refractivity contribution in [3.63, 3.8) is 0 Å². The predicted molar refractivity (Wildman–Crippen MR) is 117 cm³/mol. The molecule has 2 saturated heterocycles. The Balaban J connectivity index is 1.70. The van der Waals surface area contributed by atoms with Gasteiger partial charge in [-0.3, -0.25) is 14.5 Å². The van der Waals surface area contributed by atoms with Crippen LogP contribution in [0.1, 0.15) is 40.5 Å². The SMILES string of the molecule is CCC(C)(C)C(=O)OCOC(=O)C1=C(S[C@H]2CC[S+](O)C2)S[C@@H]2[C@@H]([C@@H](C)O)C(=O)N12. The highest BCUT2D eigenvalue weighted by molar-refractivity contribution is 8.23. The first-order chi connectivity index (χ1) is 14.1. The van der Waals surface area contributed by atoms with Crippen molar-refractivity contribution in [2.75, 3.05) is 18.3 Å². The average molecular weight is 479 g/mol. The third-order valence-electron chi connectivity index (χ3n) is 5.60. The normalized spacial score (nSPS) is 29.5. The first-order valence-corrected chi connectivity index (χ1v) is 13.1. The van der Waals surface area contributed by atoms with Gasteiger partial charge in [0.25, 0.3) is 0 Å². The molecule has 5 atom stereocenters. The summed E-state index contributed by atoms with van der Waals surface area (Å²) in [5.41, 5.74) is -0.532. The van der Waals surface area contributed by atoms with E-state index in [1.54, 1.807) is 20.8 Å². The highest BCUT2D eigenvalue weighted by atomic mass is 32.2. The lowest BCUT2D eigenvalue weighted by Gasteiger charge is -2.43. The zero-order chi connectivity index (χ0) is 22.2. The van der Waals surface area contributed by atoms with E-state index < -0.39 is 47.3 Å². The number of hydrogen-bond donors (Lipinski definition) is 2. The number of fused-ring (bicyclic) bond motifs is 1. The Morgan fingerprint density at radius 3 is 2.67 bits per heavy atom. The molecule has 0 spiro atoms. The van der Waals surface area contributed by atoms with Gasteiger partial charge in [0.05, 0.1) is 26.9 Å². The minimum Gasteiger partial charge on any atom is -0.427 e. The van der Waals surface area contributed by atoms with E-state index in [9.17, 15) is 24.0 Å². The summed E-state index contributed by atoms with van der Waals surface area (Å²) >= 11 is 2.23. The molecular formula is C19H28NO7S3+. The fraction of sp³-hybridized carbons (Fsp3) is 0.737. The summed E-state index contributed by atoms with van der Waals surface area (Å²) in [5.74, 6) is -0.694. The molecule has 1 unspecified atom stereocenters. The molecule has 3 rings (SSSR count). The average Bonchev–Trinajstić information content (AvgIpc) is 3.22. The van der Waals surface area contributed by atoms with E-state index in [4.69, 9.17) is 9.47 Å². The van der Waals surface area contributed by atoms with Crippen molar-refractivity contribution >= 4 is 52.5 Å². The van der Waals surface area contributed by atoms with Gasteiger partial charge in [0.15, 0.2) is 11.4 Å². The van der Waals surface area contributed by atoms with Crippen LogP contribution >= 0.6 is 23.5 Å². The monoisotopic (exact) mass is 478 g/mol. The predicted octanol–water partition coefficient (Wildman–Crippen LogP) is 2.14. The number of hydrogen-bond acceptors (Lipinski definition) is 9. The molecule has 3 heterocycles. The second-order valence-electron chi connectivity index (χ2n) is 8.20. The van der Waals surface area contributed by atoms with Gasteiger partial charge in [0, 0.05) is 6.42 Å². The Morgan fingerprint density at radius 1 is 1.40 bits per heavy atom. The Kier molecular flexibility index (Phi) is 7.38. The minimum absolute atomic E-state index is 0.146. The van der Waals surface area contributed by atoms with Crippen LogP contribution in [0.15, 0.2) is 9.93 Å². The van der Waals surface area contributed by atoms with Gasteiger partial charge in [-0.05, 0) is 27.2 Å². The van der Waals surface area contributed by atoms with Gasteiger partial charge in [-0.15, -0.1) is 11.8 Å². The van der Waals surface area contributed by atoms with Gasteiger partial charge in [-0.25, -0.2) is 4.79 Å². The fourth-order valence-electron chi connectivity index (χ4n) is 3.26. The molecule has 0 bridgehead atoms. The highest BCUT2D eigenvalue weighted by Crippen LogP contribution is 2.55. The maximum atomic E-state index is 12.8. The van der Waals surface area contributed by atoms with E-state index in [0.29, 0.717) is 16.4 Å². The number of thioether (sulfide) groups is 2. The summed E-state index contributed by atoms with van der Waals surface area (Å²) < 4.78 is 20.7. The molecule has 3 aliphatic heterocycles. The van der Waals surface area contributed by atoms with Gasteiger partial charge in [0.2, 0.25) is 12.7 Å². The molecule has 0 aromatic carbocycles. The third-order valence-corrected chi connectivity index (χ3v) is 10.2.